The number of halogens is 1. The number of H-pyrrole nitrogens is 1. The van der Waals surface area contributed by atoms with Crippen molar-refractivity contribution < 1.29 is 9.53 Å². The van der Waals surface area contributed by atoms with Gasteiger partial charge in [-0.05, 0) is 48.0 Å². The zero-order valence-corrected chi connectivity index (χ0v) is 20.9. The number of aromatic amines is 1. The smallest absolute Gasteiger partial charge is 0.404 e. The Morgan fingerprint density at radius 2 is 1.82 bits per heavy atom. The van der Waals surface area contributed by atoms with E-state index in [1.54, 1.807) is 36.1 Å². The second-order valence-corrected chi connectivity index (χ2v) is 9.11. The Balaban J connectivity index is 1.49. The molecule has 0 atom stereocenters. The van der Waals surface area contributed by atoms with Gasteiger partial charge in [0.25, 0.3) is 5.56 Å². The van der Waals surface area contributed by atoms with Crippen molar-refractivity contribution in [2.75, 3.05) is 5.32 Å². The van der Waals surface area contributed by atoms with Gasteiger partial charge in [-0.15, -0.1) is 0 Å². The Labute approximate surface area is 221 Å². The van der Waals surface area contributed by atoms with E-state index in [0.717, 1.165) is 22.1 Å². The van der Waals surface area contributed by atoms with Crippen molar-refractivity contribution in [2.45, 2.75) is 0 Å². The van der Waals surface area contributed by atoms with Crippen molar-refractivity contribution >= 4 is 45.4 Å². The fraction of sp³-hybridized carbons (Fsp3) is 0.0345. The molecule has 0 aliphatic heterocycles. The molecule has 0 spiro atoms. The van der Waals surface area contributed by atoms with Crippen LogP contribution in [0.5, 0.6) is 5.75 Å². The summed E-state index contributed by atoms with van der Waals surface area (Å²) in [5, 5.41) is 4.60. The van der Waals surface area contributed by atoms with E-state index in [9.17, 15) is 9.59 Å². The van der Waals surface area contributed by atoms with E-state index in [1.807, 2.05) is 60.7 Å². The van der Waals surface area contributed by atoms with Gasteiger partial charge in [0.05, 0.1) is 16.2 Å². The Bertz CT molecular complexity index is 1900. The first-order chi connectivity index (χ1) is 18.5. The van der Waals surface area contributed by atoms with Crippen LogP contribution in [-0.4, -0.2) is 25.6 Å². The zero-order valence-electron chi connectivity index (χ0n) is 20.1. The summed E-state index contributed by atoms with van der Waals surface area (Å²) in [6.07, 6.45) is 2.71. The van der Waals surface area contributed by atoms with Crippen molar-refractivity contribution in [2.24, 2.45) is 7.05 Å². The molecule has 4 aromatic heterocycles. The van der Waals surface area contributed by atoms with Crippen molar-refractivity contribution in [3.63, 3.8) is 0 Å². The standard InChI is InChI=1S/C29H20ClN5O3/c1-35-12-6-10-24(35)32-29(37)38-23-16-20-14-21(19-13-18-9-5-11-31-26(18)22(30)15-19)25(17-7-3-2-4-8-17)33-27(20)34-28(23)36/h2-16H,1H3,(H,32,37)(H,33,34,36). The maximum atomic E-state index is 12.8. The lowest BCUT2D eigenvalue weighted by Gasteiger charge is -2.13. The maximum Gasteiger partial charge on any atom is 0.418 e. The van der Waals surface area contributed by atoms with Crippen molar-refractivity contribution in [3.8, 4) is 28.1 Å². The zero-order chi connectivity index (χ0) is 26.2. The molecule has 38 heavy (non-hydrogen) atoms. The molecule has 0 aliphatic rings. The molecule has 0 saturated carbocycles. The SMILES string of the molecule is Cn1cccc1NC(=O)Oc1cc2cc(-c3cc(Cl)c4ncccc4c3)c(-c3ccccc3)nc2[nH]c1=O. The summed E-state index contributed by atoms with van der Waals surface area (Å²) in [6, 6.07) is 24.2. The first kappa shape index (κ1) is 23.4. The molecule has 2 N–H and O–H groups in total. The van der Waals surface area contributed by atoms with Crippen LogP contribution in [0.3, 0.4) is 0 Å². The number of hydrogen-bond acceptors (Lipinski definition) is 5. The Kier molecular flexibility index (Phi) is 5.86. The number of rotatable bonds is 4. The van der Waals surface area contributed by atoms with Gasteiger partial charge >= 0.3 is 6.09 Å². The highest BCUT2D eigenvalue weighted by Crippen LogP contribution is 2.36. The van der Waals surface area contributed by atoms with Crippen LogP contribution in [0, 0.1) is 0 Å². The molecular weight excluding hydrogens is 502 g/mol. The van der Waals surface area contributed by atoms with Gasteiger partial charge in [-0.25, -0.2) is 9.78 Å². The maximum absolute atomic E-state index is 12.8. The predicted molar refractivity (Wildman–Crippen MR) is 149 cm³/mol. The predicted octanol–water partition coefficient (Wildman–Crippen LogP) is 6.41. The number of nitrogens with zero attached hydrogens (tertiary/aromatic N) is 3. The lowest BCUT2D eigenvalue weighted by atomic mass is 9.97. The van der Waals surface area contributed by atoms with E-state index >= 15 is 0 Å². The molecule has 0 radical (unpaired) electrons. The Morgan fingerprint density at radius 3 is 2.61 bits per heavy atom. The van der Waals surface area contributed by atoms with E-state index in [-0.39, 0.29) is 5.75 Å². The quantitative estimate of drug-likeness (QED) is 0.279. The number of carbonyl (C=O) groups is 1. The Morgan fingerprint density at radius 1 is 0.974 bits per heavy atom. The van der Waals surface area contributed by atoms with Gasteiger partial charge in [-0.1, -0.05) is 48.0 Å². The summed E-state index contributed by atoms with van der Waals surface area (Å²) in [5.74, 6) is 0.386. The molecule has 2 aromatic carbocycles. The first-order valence-corrected chi connectivity index (χ1v) is 12.1. The third kappa shape index (κ3) is 4.38. The number of amides is 1. The van der Waals surface area contributed by atoms with Crippen molar-refractivity contribution in [1.29, 1.82) is 0 Å². The Hall–Kier alpha value is -4.95. The highest BCUT2D eigenvalue weighted by molar-refractivity contribution is 6.35. The number of carbonyl (C=O) groups excluding carboxylic acids is 1. The molecule has 0 fully saturated rings. The number of fused-ring (bicyclic) bond motifs is 2. The number of aryl methyl sites for hydroxylation is 1. The highest BCUT2D eigenvalue weighted by atomic mass is 35.5. The van der Waals surface area contributed by atoms with E-state index in [4.69, 9.17) is 21.3 Å². The highest BCUT2D eigenvalue weighted by Gasteiger charge is 2.17. The third-order valence-corrected chi connectivity index (χ3v) is 6.48. The molecule has 1 amide bonds. The van der Waals surface area contributed by atoms with E-state index in [0.29, 0.717) is 33.1 Å². The molecule has 6 aromatic rings. The fourth-order valence-electron chi connectivity index (χ4n) is 4.35. The molecular formula is C29H20ClN5O3. The van der Waals surface area contributed by atoms with Gasteiger partial charge in [0.1, 0.15) is 11.5 Å². The molecule has 0 unspecified atom stereocenters. The number of pyridine rings is 3. The van der Waals surface area contributed by atoms with Crippen LogP contribution in [0.4, 0.5) is 10.6 Å². The number of aromatic nitrogens is 4. The largest absolute Gasteiger partial charge is 0.418 e. The van der Waals surface area contributed by atoms with Gasteiger partial charge in [-0.3, -0.25) is 15.1 Å². The van der Waals surface area contributed by atoms with E-state index in [2.05, 4.69) is 15.3 Å². The van der Waals surface area contributed by atoms with E-state index < -0.39 is 11.7 Å². The molecule has 0 aliphatic carbocycles. The average Bonchev–Trinajstić information content (AvgIpc) is 3.32. The summed E-state index contributed by atoms with van der Waals surface area (Å²) >= 11 is 6.60. The van der Waals surface area contributed by atoms with Gasteiger partial charge < -0.3 is 14.3 Å². The van der Waals surface area contributed by atoms with Crippen LogP contribution in [0.1, 0.15) is 0 Å². The summed E-state index contributed by atoms with van der Waals surface area (Å²) in [4.78, 5) is 37.2. The van der Waals surface area contributed by atoms with Crippen LogP contribution >= 0.6 is 11.6 Å². The van der Waals surface area contributed by atoms with Crippen molar-refractivity contribution in [1.82, 2.24) is 19.5 Å². The minimum Gasteiger partial charge on any atom is -0.404 e. The van der Waals surface area contributed by atoms with E-state index in [1.165, 1.54) is 6.07 Å². The number of anilines is 1. The van der Waals surface area contributed by atoms with Crippen LogP contribution in [0.15, 0.2) is 96.1 Å². The summed E-state index contributed by atoms with van der Waals surface area (Å²) in [7, 11) is 1.78. The molecule has 4 heterocycles. The lowest BCUT2D eigenvalue weighted by molar-refractivity contribution is 0.214. The third-order valence-electron chi connectivity index (χ3n) is 6.19. The molecule has 0 saturated heterocycles. The fourth-order valence-corrected chi connectivity index (χ4v) is 4.63. The van der Waals surface area contributed by atoms with Gasteiger partial charge in [0, 0.05) is 41.3 Å². The summed E-state index contributed by atoms with van der Waals surface area (Å²) in [5.41, 5.74) is 3.66. The minimum absolute atomic E-state index is 0.148. The molecule has 0 bridgehead atoms. The second-order valence-electron chi connectivity index (χ2n) is 8.70. The van der Waals surface area contributed by atoms with Gasteiger partial charge in [0.2, 0.25) is 0 Å². The monoisotopic (exact) mass is 521 g/mol. The van der Waals surface area contributed by atoms with Crippen LogP contribution in [0.25, 0.3) is 44.3 Å². The number of hydrogen-bond donors (Lipinski definition) is 2. The molecule has 8 nitrogen and oxygen atoms in total. The number of ether oxygens (including phenoxy) is 1. The lowest BCUT2D eigenvalue weighted by Crippen LogP contribution is -2.22. The van der Waals surface area contributed by atoms with Crippen LogP contribution < -0.4 is 15.6 Å². The number of benzene rings is 2. The normalized spacial score (nSPS) is 11.1. The van der Waals surface area contributed by atoms with Crippen molar-refractivity contribution in [3.05, 3.63) is 107 Å². The average molecular weight is 522 g/mol. The number of nitrogens with one attached hydrogen (secondary N) is 2. The first-order valence-electron chi connectivity index (χ1n) is 11.7. The topological polar surface area (TPSA) is 102 Å². The van der Waals surface area contributed by atoms with Crippen LogP contribution in [-0.2, 0) is 7.05 Å². The van der Waals surface area contributed by atoms with Gasteiger partial charge in [-0.2, -0.15) is 0 Å². The summed E-state index contributed by atoms with van der Waals surface area (Å²) < 4.78 is 7.07. The van der Waals surface area contributed by atoms with Crippen LogP contribution in [0.2, 0.25) is 5.02 Å². The molecule has 6 rings (SSSR count). The summed E-state index contributed by atoms with van der Waals surface area (Å²) in [6.45, 7) is 0. The van der Waals surface area contributed by atoms with Gasteiger partial charge in [0.15, 0.2) is 5.75 Å². The minimum atomic E-state index is -0.778. The molecule has 9 heteroatoms. The molecule has 186 valence electrons. The second kappa shape index (κ2) is 9.49.